The summed E-state index contributed by atoms with van der Waals surface area (Å²) in [6.45, 7) is 0.675. The Morgan fingerprint density at radius 3 is 2.48 bits per heavy atom. The van der Waals surface area contributed by atoms with E-state index >= 15 is 0 Å². The molecule has 0 bridgehead atoms. The summed E-state index contributed by atoms with van der Waals surface area (Å²) in [5, 5.41) is 11.7. The molecule has 1 saturated carbocycles. The summed E-state index contributed by atoms with van der Waals surface area (Å²) in [6.07, 6.45) is 0.997. The second-order valence-electron chi connectivity index (χ2n) is 6.09. The molecular formula is C16H17F2NO4. The van der Waals surface area contributed by atoms with Crippen LogP contribution in [0.4, 0.5) is 8.78 Å². The molecule has 1 heterocycles. The molecule has 1 aliphatic heterocycles. The van der Waals surface area contributed by atoms with Crippen LogP contribution in [0.25, 0.3) is 0 Å². The Kier molecular flexibility index (Phi) is 4.06. The van der Waals surface area contributed by atoms with E-state index in [9.17, 15) is 18.4 Å². The fraction of sp³-hybridized carbons (Fsp3) is 0.500. The molecule has 1 amide bonds. The van der Waals surface area contributed by atoms with Crippen molar-refractivity contribution in [3.05, 3.63) is 35.4 Å². The largest absolute Gasteiger partial charge is 0.481 e. The molecule has 2 N–H and O–H groups in total. The molecule has 2 aliphatic rings. The van der Waals surface area contributed by atoms with Gasteiger partial charge >= 0.3 is 5.97 Å². The van der Waals surface area contributed by atoms with Gasteiger partial charge in [0.25, 0.3) is 0 Å². The Bertz CT molecular complexity index is 643. The number of benzene rings is 1. The summed E-state index contributed by atoms with van der Waals surface area (Å²) in [6, 6.07) is 3.27. The predicted octanol–water partition coefficient (Wildman–Crippen LogP) is 1.81. The number of carbonyl (C=O) groups excluding carboxylic acids is 1. The number of nitrogens with one attached hydrogen (secondary N) is 1. The molecule has 1 saturated heterocycles. The maximum absolute atomic E-state index is 14.2. The van der Waals surface area contributed by atoms with E-state index in [0.29, 0.717) is 32.5 Å². The summed E-state index contributed by atoms with van der Waals surface area (Å²) >= 11 is 0. The number of amides is 1. The number of rotatable bonds is 4. The lowest BCUT2D eigenvalue weighted by atomic mass is 9.82. The monoisotopic (exact) mass is 325 g/mol. The van der Waals surface area contributed by atoms with Gasteiger partial charge in [0.2, 0.25) is 5.91 Å². The highest BCUT2D eigenvalue weighted by atomic mass is 19.1. The molecule has 2 fully saturated rings. The molecule has 23 heavy (non-hydrogen) atoms. The molecule has 5 nitrogen and oxygen atoms in total. The number of halogens is 2. The first-order chi connectivity index (χ1) is 10.9. The van der Waals surface area contributed by atoms with Crippen LogP contribution in [0.15, 0.2) is 18.2 Å². The fourth-order valence-corrected chi connectivity index (χ4v) is 3.15. The normalized spacial score (nSPS) is 25.7. The highest BCUT2D eigenvalue weighted by molar-refractivity contribution is 5.90. The fourth-order valence-electron chi connectivity index (χ4n) is 3.15. The Morgan fingerprint density at radius 2 is 1.91 bits per heavy atom. The van der Waals surface area contributed by atoms with E-state index in [1.807, 2.05) is 0 Å². The second kappa shape index (κ2) is 5.88. The van der Waals surface area contributed by atoms with Crippen LogP contribution in [0.3, 0.4) is 0 Å². The van der Waals surface area contributed by atoms with Crippen LogP contribution in [0, 0.1) is 23.5 Å². The average Bonchev–Trinajstić information content (AvgIpc) is 3.28. The van der Waals surface area contributed by atoms with Gasteiger partial charge in [0.15, 0.2) is 0 Å². The van der Waals surface area contributed by atoms with E-state index in [2.05, 4.69) is 5.32 Å². The SMILES string of the molecule is O=C(NC1(c2ccc(F)cc2F)CCOCC1)[C@H]1C[C@H]1C(=O)O. The molecular weight excluding hydrogens is 308 g/mol. The van der Waals surface area contributed by atoms with Crippen molar-refractivity contribution in [2.24, 2.45) is 11.8 Å². The van der Waals surface area contributed by atoms with Gasteiger partial charge in [0.1, 0.15) is 11.6 Å². The Labute approximate surface area is 131 Å². The lowest BCUT2D eigenvalue weighted by molar-refractivity contribution is -0.140. The van der Waals surface area contributed by atoms with Crippen LogP contribution < -0.4 is 5.32 Å². The van der Waals surface area contributed by atoms with Gasteiger partial charge in [-0.2, -0.15) is 0 Å². The minimum Gasteiger partial charge on any atom is -0.481 e. The standard InChI is InChI=1S/C16H17F2NO4/c17-9-1-2-12(13(18)7-9)16(3-5-23-6-4-16)19-14(20)10-8-11(10)15(21)22/h1-2,7,10-11H,3-6,8H2,(H,19,20)(H,21,22)/t10-,11+/m0/s1. The minimum absolute atomic E-state index is 0.211. The number of ether oxygens (including phenoxy) is 1. The van der Waals surface area contributed by atoms with Crippen LogP contribution in [-0.4, -0.2) is 30.2 Å². The topological polar surface area (TPSA) is 75.6 Å². The number of hydrogen-bond donors (Lipinski definition) is 2. The zero-order valence-corrected chi connectivity index (χ0v) is 12.4. The van der Waals surface area contributed by atoms with Crippen molar-refractivity contribution < 1.29 is 28.2 Å². The lowest BCUT2D eigenvalue weighted by Crippen LogP contribution is -2.50. The van der Waals surface area contributed by atoms with Gasteiger partial charge in [-0.05, 0) is 25.3 Å². The highest BCUT2D eigenvalue weighted by Gasteiger charge is 2.50. The van der Waals surface area contributed by atoms with Crippen LogP contribution in [0.2, 0.25) is 0 Å². The molecule has 7 heteroatoms. The molecule has 1 aliphatic carbocycles. The third kappa shape index (κ3) is 3.06. The maximum atomic E-state index is 14.2. The molecule has 1 aromatic carbocycles. The first kappa shape index (κ1) is 15.9. The molecule has 0 aromatic heterocycles. The molecule has 0 spiro atoms. The van der Waals surface area contributed by atoms with E-state index in [1.165, 1.54) is 6.07 Å². The lowest BCUT2D eigenvalue weighted by Gasteiger charge is -2.38. The quantitative estimate of drug-likeness (QED) is 0.885. The number of carboxylic acids is 1. The molecule has 3 rings (SSSR count). The van der Waals surface area contributed by atoms with Gasteiger partial charge in [-0.1, -0.05) is 6.07 Å². The van der Waals surface area contributed by atoms with Crippen molar-refractivity contribution in [3.8, 4) is 0 Å². The zero-order valence-electron chi connectivity index (χ0n) is 12.4. The first-order valence-electron chi connectivity index (χ1n) is 7.51. The van der Waals surface area contributed by atoms with Crippen molar-refractivity contribution >= 4 is 11.9 Å². The molecule has 0 unspecified atom stereocenters. The van der Waals surface area contributed by atoms with Gasteiger partial charge in [0, 0.05) is 24.8 Å². The third-order valence-electron chi connectivity index (χ3n) is 4.60. The molecule has 2 atom stereocenters. The summed E-state index contributed by atoms with van der Waals surface area (Å²) in [5.41, 5.74) is -0.776. The first-order valence-corrected chi connectivity index (χ1v) is 7.51. The third-order valence-corrected chi connectivity index (χ3v) is 4.60. The van der Waals surface area contributed by atoms with Gasteiger partial charge in [0.05, 0.1) is 17.4 Å². The van der Waals surface area contributed by atoms with E-state index < -0.39 is 40.9 Å². The van der Waals surface area contributed by atoms with Gasteiger partial charge in [-0.3, -0.25) is 9.59 Å². The number of carboxylic acid groups (broad SMARTS) is 1. The molecule has 0 radical (unpaired) electrons. The van der Waals surface area contributed by atoms with Crippen LogP contribution in [0.5, 0.6) is 0 Å². The van der Waals surface area contributed by atoms with Crippen molar-refractivity contribution in [3.63, 3.8) is 0 Å². The van der Waals surface area contributed by atoms with Gasteiger partial charge in [-0.25, -0.2) is 8.78 Å². The van der Waals surface area contributed by atoms with Crippen molar-refractivity contribution in [1.29, 1.82) is 0 Å². The van der Waals surface area contributed by atoms with Gasteiger partial charge in [-0.15, -0.1) is 0 Å². The minimum atomic E-state index is -1.00. The van der Waals surface area contributed by atoms with E-state index in [0.717, 1.165) is 12.1 Å². The summed E-state index contributed by atoms with van der Waals surface area (Å²) in [5.74, 6) is -4.08. The Hall–Kier alpha value is -2.02. The summed E-state index contributed by atoms with van der Waals surface area (Å²) in [4.78, 5) is 23.2. The number of hydrogen-bond acceptors (Lipinski definition) is 3. The van der Waals surface area contributed by atoms with Gasteiger partial charge < -0.3 is 15.2 Å². The predicted molar refractivity (Wildman–Crippen MR) is 75.5 cm³/mol. The average molecular weight is 325 g/mol. The van der Waals surface area contributed by atoms with Crippen molar-refractivity contribution in [2.45, 2.75) is 24.8 Å². The molecule has 1 aromatic rings. The van der Waals surface area contributed by atoms with E-state index in [1.54, 1.807) is 0 Å². The molecule has 124 valence electrons. The maximum Gasteiger partial charge on any atom is 0.307 e. The Morgan fingerprint density at radius 1 is 1.22 bits per heavy atom. The van der Waals surface area contributed by atoms with Crippen LogP contribution >= 0.6 is 0 Å². The van der Waals surface area contributed by atoms with E-state index in [4.69, 9.17) is 9.84 Å². The summed E-state index contributed by atoms with van der Waals surface area (Å²) < 4.78 is 32.7. The smallest absolute Gasteiger partial charge is 0.307 e. The van der Waals surface area contributed by atoms with Crippen molar-refractivity contribution in [2.75, 3.05) is 13.2 Å². The van der Waals surface area contributed by atoms with Crippen molar-refractivity contribution in [1.82, 2.24) is 5.32 Å². The van der Waals surface area contributed by atoms with E-state index in [-0.39, 0.29) is 5.56 Å². The zero-order chi connectivity index (χ0) is 16.6. The van der Waals surface area contributed by atoms with Crippen LogP contribution in [-0.2, 0) is 19.9 Å². The highest BCUT2D eigenvalue weighted by Crippen LogP contribution is 2.41. The Balaban J connectivity index is 1.85. The number of carbonyl (C=O) groups is 2. The second-order valence-corrected chi connectivity index (χ2v) is 6.09. The number of aliphatic carboxylic acids is 1. The van der Waals surface area contributed by atoms with Crippen LogP contribution in [0.1, 0.15) is 24.8 Å². The summed E-state index contributed by atoms with van der Waals surface area (Å²) in [7, 11) is 0.